The molecule has 0 fully saturated rings. The van der Waals surface area contributed by atoms with Gasteiger partial charge in [0.05, 0.1) is 19.8 Å². The molecule has 3 unspecified atom stereocenters. The molecule has 176 valence electrons. The van der Waals surface area contributed by atoms with Crippen LogP contribution in [0.5, 0.6) is 0 Å². The van der Waals surface area contributed by atoms with Crippen molar-refractivity contribution in [2.24, 2.45) is 5.73 Å². The lowest BCUT2D eigenvalue weighted by Crippen LogP contribution is -2.51. The summed E-state index contributed by atoms with van der Waals surface area (Å²) in [6.45, 7) is 8.06. The molecule has 0 spiro atoms. The average Bonchev–Trinajstić information content (AvgIpc) is 2.74. The number of hydrogen-bond acceptors (Lipinski definition) is 10. The molecule has 11 heteroatoms. The molecule has 0 saturated heterocycles. The summed E-state index contributed by atoms with van der Waals surface area (Å²) in [5, 5.41) is 0. The minimum atomic E-state index is -3.20. The number of ether oxygens (including phenoxy) is 6. The zero-order valence-corrected chi connectivity index (χ0v) is 19.8. The quantitative estimate of drug-likeness (QED) is 0.206. The highest BCUT2D eigenvalue weighted by Crippen LogP contribution is 2.21. The summed E-state index contributed by atoms with van der Waals surface area (Å²) in [6, 6.07) is 0.511. The third-order valence-corrected chi connectivity index (χ3v) is 6.64. The van der Waals surface area contributed by atoms with Crippen molar-refractivity contribution in [2.45, 2.75) is 52.1 Å². The van der Waals surface area contributed by atoms with Crippen LogP contribution in [0.2, 0.25) is 6.04 Å². The number of methoxy groups -OCH3 is 3. The number of nitrogens with two attached hydrogens (primary N) is 1. The third kappa shape index (κ3) is 13.0. The highest BCUT2D eigenvalue weighted by atomic mass is 28.4. The highest BCUT2D eigenvalue weighted by molar-refractivity contribution is 6.60. The standard InChI is InChI=1S/C18H41NO9Si/c1-7-23-16(20-4)13-26-29(12-10-11-19,27-14-17(21-5)24-8-2)28-15-18(22-6)25-9-3/h16-18H,7-15,19H2,1-6H3. The molecule has 10 nitrogen and oxygen atoms in total. The maximum Gasteiger partial charge on any atom is 0.501 e. The molecule has 3 atom stereocenters. The molecular weight excluding hydrogens is 402 g/mol. The van der Waals surface area contributed by atoms with Gasteiger partial charge in [0.1, 0.15) is 0 Å². The second-order valence-electron chi connectivity index (χ2n) is 5.87. The summed E-state index contributed by atoms with van der Waals surface area (Å²) in [5.74, 6) is 0. The molecule has 0 radical (unpaired) electrons. The Morgan fingerprint density at radius 2 is 1.00 bits per heavy atom. The summed E-state index contributed by atoms with van der Waals surface area (Å²) >= 11 is 0. The number of hydrogen-bond donors (Lipinski definition) is 1. The molecule has 0 aromatic heterocycles. The minimum absolute atomic E-state index is 0.152. The Labute approximate surface area is 176 Å². The minimum Gasteiger partial charge on any atom is -0.368 e. The van der Waals surface area contributed by atoms with E-state index in [9.17, 15) is 0 Å². The molecule has 0 aliphatic rings. The maximum absolute atomic E-state index is 6.15. The van der Waals surface area contributed by atoms with E-state index in [2.05, 4.69) is 0 Å². The monoisotopic (exact) mass is 443 g/mol. The van der Waals surface area contributed by atoms with Crippen molar-refractivity contribution in [1.82, 2.24) is 0 Å². The molecule has 0 heterocycles. The van der Waals surface area contributed by atoms with Gasteiger partial charge in [0.25, 0.3) is 0 Å². The van der Waals surface area contributed by atoms with Gasteiger partial charge in [-0.3, -0.25) is 0 Å². The first-order valence-corrected chi connectivity index (χ1v) is 12.0. The van der Waals surface area contributed by atoms with Gasteiger partial charge in [-0.1, -0.05) is 0 Å². The Morgan fingerprint density at radius 1 is 0.655 bits per heavy atom. The van der Waals surface area contributed by atoms with Gasteiger partial charge < -0.3 is 47.4 Å². The molecule has 0 aliphatic heterocycles. The van der Waals surface area contributed by atoms with E-state index in [-0.39, 0.29) is 19.8 Å². The molecular formula is C18H41NO9Si. The first-order valence-electron chi connectivity index (χ1n) is 10.1. The van der Waals surface area contributed by atoms with Gasteiger partial charge in [0.2, 0.25) is 0 Å². The Bertz CT molecular complexity index is 323. The third-order valence-electron chi connectivity index (χ3n) is 3.85. The SMILES string of the molecule is CCOC(CO[Si](CCCN)(OCC(OC)OCC)OCC(OC)OCC)OC. The van der Waals surface area contributed by atoms with Crippen molar-refractivity contribution in [3.05, 3.63) is 0 Å². The molecule has 0 aromatic carbocycles. The molecule has 29 heavy (non-hydrogen) atoms. The fraction of sp³-hybridized carbons (Fsp3) is 1.00. The molecule has 0 bridgehead atoms. The van der Waals surface area contributed by atoms with Crippen molar-refractivity contribution in [1.29, 1.82) is 0 Å². The molecule has 2 N–H and O–H groups in total. The van der Waals surface area contributed by atoms with Crippen LogP contribution in [0.25, 0.3) is 0 Å². The zero-order chi connectivity index (χ0) is 22.0. The predicted octanol–water partition coefficient (Wildman–Crippen LogP) is 1.35. The predicted molar refractivity (Wildman–Crippen MR) is 109 cm³/mol. The summed E-state index contributed by atoms with van der Waals surface area (Å²) in [6.07, 6.45) is -0.941. The first kappa shape index (κ1) is 28.8. The van der Waals surface area contributed by atoms with Crippen LogP contribution in [-0.4, -0.2) is 95.2 Å². The Kier molecular flexibility index (Phi) is 18.5. The van der Waals surface area contributed by atoms with Crippen LogP contribution in [0, 0.1) is 0 Å². The average molecular weight is 444 g/mol. The van der Waals surface area contributed by atoms with E-state index in [0.717, 1.165) is 0 Å². The normalized spacial score (nSPS) is 17.1. The molecule has 0 aliphatic carbocycles. The maximum atomic E-state index is 6.15. The molecule has 0 aromatic rings. The Hall–Kier alpha value is -0.183. The van der Waals surface area contributed by atoms with Gasteiger partial charge in [-0.2, -0.15) is 0 Å². The summed E-state index contributed by atoms with van der Waals surface area (Å²) < 4.78 is 50.9. The van der Waals surface area contributed by atoms with Gasteiger partial charge in [0, 0.05) is 47.2 Å². The van der Waals surface area contributed by atoms with Gasteiger partial charge >= 0.3 is 8.80 Å². The van der Waals surface area contributed by atoms with Crippen LogP contribution in [0.3, 0.4) is 0 Å². The first-order chi connectivity index (χ1) is 14.0. The van der Waals surface area contributed by atoms with Crippen LogP contribution < -0.4 is 5.73 Å². The van der Waals surface area contributed by atoms with E-state index in [0.29, 0.717) is 38.8 Å². The van der Waals surface area contributed by atoms with E-state index in [4.69, 9.17) is 47.4 Å². The van der Waals surface area contributed by atoms with E-state index in [1.807, 2.05) is 20.8 Å². The fourth-order valence-electron chi connectivity index (χ4n) is 2.36. The fourth-order valence-corrected chi connectivity index (χ4v) is 4.85. The summed E-state index contributed by atoms with van der Waals surface area (Å²) in [5.41, 5.74) is 5.73. The highest BCUT2D eigenvalue weighted by Gasteiger charge is 2.43. The summed E-state index contributed by atoms with van der Waals surface area (Å²) in [4.78, 5) is 0. The van der Waals surface area contributed by atoms with E-state index >= 15 is 0 Å². The molecule has 0 amide bonds. The Morgan fingerprint density at radius 3 is 1.24 bits per heavy atom. The Balaban J connectivity index is 5.31. The van der Waals surface area contributed by atoms with Crippen molar-refractivity contribution in [3.8, 4) is 0 Å². The lowest BCUT2D eigenvalue weighted by Gasteiger charge is -2.33. The lowest BCUT2D eigenvalue weighted by atomic mass is 10.5. The van der Waals surface area contributed by atoms with Crippen LogP contribution in [-0.2, 0) is 41.7 Å². The molecule has 0 rings (SSSR count). The van der Waals surface area contributed by atoms with Gasteiger partial charge in [-0.25, -0.2) is 0 Å². The topological polar surface area (TPSA) is 109 Å². The van der Waals surface area contributed by atoms with Gasteiger partial charge in [0.15, 0.2) is 18.9 Å². The number of rotatable bonds is 21. The van der Waals surface area contributed by atoms with Crippen LogP contribution in [0.15, 0.2) is 0 Å². The van der Waals surface area contributed by atoms with Crippen LogP contribution in [0.4, 0.5) is 0 Å². The van der Waals surface area contributed by atoms with Gasteiger partial charge in [-0.05, 0) is 33.7 Å². The van der Waals surface area contributed by atoms with Gasteiger partial charge in [-0.15, -0.1) is 0 Å². The zero-order valence-electron chi connectivity index (χ0n) is 18.8. The largest absolute Gasteiger partial charge is 0.501 e. The second kappa shape index (κ2) is 18.6. The van der Waals surface area contributed by atoms with Crippen LogP contribution >= 0.6 is 0 Å². The smallest absolute Gasteiger partial charge is 0.368 e. The molecule has 0 saturated carbocycles. The van der Waals surface area contributed by atoms with Crippen molar-refractivity contribution in [2.75, 3.05) is 67.5 Å². The summed E-state index contributed by atoms with van der Waals surface area (Å²) in [7, 11) is 1.47. The van der Waals surface area contributed by atoms with E-state index in [1.165, 1.54) is 0 Å². The van der Waals surface area contributed by atoms with E-state index in [1.54, 1.807) is 21.3 Å². The second-order valence-corrected chi connectivity index (χ2v) is 8.60. The van der Waals surface area contributed by atoms with E-state index < -0.39 is 27.7 Å². The van der Waals surface area contributed by atoms with Crippen molar-refractivity contribution >= 4 is 8.80 Å². The van der Waals surface area contributed by atoms with Crippen LogP contribution in [0.1, 0.15) is 27.2 Å². The van der Waals surface area contributed by atoms with Crippen molar-refractivity contribution < 1.29 is 41.7 Å². The van der Waals surface area contributed by atoms with Crippen molar-refractivity contribution in [3.63, 3.8) is 0 Å². The lowest BCUT2D eigenvalue weighted by molar-refractivity contribution is -0.171.